The third kappa shape index (κ3) is 3.30. The normalized spacial score (nSPS) is 58.2. The van der Waals surface area contributed by atoms with Crippen molar-refractivity contribution in [1.29, 1.82) is 0 Å². The molecule has 5 saturated carbocycles. The molecule has 1 saturated heterocycles. The molecule has 3 N–H and O–H groups in total. The van der Waals surface area contributed by atoms with E-state index in [2.05, 4.69) is 48.5 Å². The van der Waals surface area contributed by atoms with Crippen molar-refractivity contribution < 1.29 is 29.6 Å². The van der Waals surface area contributed by atoms with Crippen LogP contribution in [0, 0.1) is 63.6 Å². The number of aliphatic hydroxyl groups excluding tert-OH is 3. The molecule has 0 amide bonds. The lowest BCUT2D eigenvalue weighted by Gasteiger charge is -2.63. The van der Waals surface area contributed by atoms with Gasteiger partial charge in [0, 0.05) is 30.1 Å². The zero-order valence-electron chi connectivity index (χ0n) is 24.8. The van der Waals surface area contributed by atoms with Gasteiger partial charge in [0.2, 0.25) is 0 Å². The van der Waals surface area contributed by atoms with E-state index in [1.807, 2.05) is 0 Å². The zero-order chi connectivity index (χ0) is 27.7. The van der Waals surface area contributed by atoms with Crippen LogP contribution in [0.2, 0.25) is 0 Å². The fourth-order valence-corrected chi connectivity index (χ4v) is 11.7. The number of carbonyl (C=O) groups is 1. The maximum absolute atomic E-state index is 12.5. The van der Waals surface area contributed by atoms with Crippen LogP contribution in [0.5, 0.6) is 0 Å². The van der Waals surface area contributed by atoms with Crippen LogP contribution in [0.15, 0.2) is 0 Å². The number of hydrogen-bond acceptors (Lipinski definition) is 6. The summed E-state index contributed by atoms with van der Waals surface area (Å²) in [6, 6.07) is 0. The van der Waals surface area contributed by atoms with Gasteiger partial charge in [-0.2, -0.15) is 0 Å². The molecule has 6 aliphatic rings. The molecule has 0 bridgehead atoms. The molecule has 6 rings (SSSR count). The van der Waals surface area contributed by atoms with E-state index in [-0.39, 0.29) is 35.2 Å². The van der Waals surface area contributed by atoms with E-state index in [0.29, 0.717) is 47.8 Å². The Hall–Kier alpha value is -0.690. The number of carbonyl (C=O) groups excluding carboxylic acids is 1. The largest absolute Gasteiger partial charge is 0.459 e. The van der Waals surface area contributed by atoms with Gasteiger partial charge in [0.15, 0.2) is 0 Å². The Labute approximate surface area is 229 Å². The smallest absolute Gasteiger partial charge is 0.303 e. The minimum atomic E-state index is -0.866. The summed E-state index contributed by atoms with van der Waals surface area (Å²) in [6.45, 7) is 17.8. The molecule has 6 heteroatoms. The van der Waals surface area contributed by atoms with Crippen molar-refractivity contribution in [2.24, 2.45) is 63.6 Å². The minimum Gasteiger partial charge on any atom is -0.459 e. The molecule has 0 aromatic rings. The lowest BCUT2D eigenvalue weighted by molar-refractivity contribution is -0.250. The summed E-state index contributed by atoms with van der Waals surface area (Å²) in [5.41, 5.74) is -1.03. The maximum atomic E-state index is 12.5. The lowest BCUT2D eigenvalue weighted by Crippen LogP contribution is -2.71. The van der Waals surface area contributed by atoms with Gasteiger partial charge in [0.1, 0.15) is 17.8 Å². The molecule has 0 unspecified atom stereocenters. The Morgan fingerprint density at radius 1 is 0.947 bits per heavy atom. The molecule has 1 heterocycles. The highest BCUT2D eigenvalue weighted by atomic mass is 16.6. The van der Waals surface area contributed by atoms with Crippen LogP contribution in [-0.2, 0) is 14.3 Å². The number of fused-ring (bicyclic) bond motifs is 4. The first-order chi connectivity index (χ1) is 17.6. The third-order valence-electron chi connectivity index (χ3n) is 14.2. The van der Waals surface area contributed by atoms with Gasteiger partial charge < -0.3 is 24.8 Å². The molecule has 6 nitrogen and oxygen atoms in total. The van der Waals surface area contributed by atoms with E-state index in [4.69, 9.17) is 9.47 Å². The van der Waals surface area contributed by atoms with Gasteiger partial charge >= 0.3 is 5.97 Å². The highest BCUT2D eigenvalue weighted by Crippen LogP contribution is 2.75. The molecule has 1 spiro atoms. The number of epoxide rings is 1. The predicted molar refractivity (Wildman–Crippen MR) is 144 cm³/mol. The van der Waals surface area contributed by atoms with Crippen LogP contribution in [0.25, 0.3) is 0 Å². The molecule has 216 valence electrons. The molecule has 0 aromatic heterocycles. The number of aliphatic hydroxyl groups is 3. The van der Waals surface area contributed by atoms with Crippen molar-refractivity contribution in [2.75, 3.05) is 0 Å². The van der Waals surface area contributed by atoms with Gasteiger partial charge in [-0.15, -0.1) is 0 Å². The van der Waals surface area contributed by atoms with Crippen LogP contribution < -0.4 is 0 Å². The Balaban J connectivity index is 1.38. The molecular weight excluding hydrogens is 480 g/mol. The van der Waals surface area contributed by atoms with Crippen LogP contribution in [0.3, 0.4) is 0 Å². The standard InChI is InChI=1S/C32H52O6/c1-15(2)17(4)29(6)14-22(29)16(3)20-9-10-21-23-24(26(36)27(31(20,21)8)37-18(5)33)30(7)12-11-19(34)13-32(30)28(38-32)25(23)35/h15-17,19-28,34-36H,9-14H2,1-8H3/t16-,17+,19-,20+,21-,22+,23-,24+,25-,26-,27+,28+,29+,30+,31+,32+/m0/s1. The summed E-state index contributed by atoms with van der Waals surface area (Å²) in [5.74, 6) is 2.17. The number of hydrogen-bond donors (Lipinski definition) is 3. The number of ether oxygens (including phenoxy) is 2. The lowest BCUT2D eigenvalue weighted by atomic mass is 9.42. The molecule has 6 fully saturated rings. The number of esters is 1. The van der Waals surface area contributed by atoms with Crippen LogP contribution in [0.1, 0.15) is 93.9 Å². The minimum absolute atomic E-state index is 0.0972. The van der Waals surface area contributed by atoms with Gasteiger partial charge in [-0.25, -0.2) is 0 Å². The predicted octanol–water partition coefficient (Wildman–Crippen LogP) is 4.58. The molecular formula is C32H52O6. The highest BCUT2D eigenvalue weighted by Gasteiger charge is 2.82. The fraction of sp³-hybridized carbons (Fsp3) is 0.969. The summed E-state index contributed by atoms with van der Waals surface area (Å²) in [6.07, 6.45) is 2.34. The second-order valence-corrected chi connectivity index (χ2v) is 15.7. The van der Waals surface area contributed by atoms with Crippen molar-refractivity contribution >= 4 is 5.97 Å². The molecule has 0 aromatic carbocycles. The van der Waals surface area contributed by atoms with Crippen LogP contribution in [-0.4, -0.2) is 57.4 Å². The Morgan fingerprint density at radius 2 is 1.63 bits per heavy atom. The van der Waals surface area contributed by atoms with E-state index in [1.165, 1.54) is 13.3 Å². The second-order valence-electron chi connectivity index (χ2n) is 15.7. The van der Waals surface area contributed by atoms with E-state index >= 15 is 0 Å². The zero-order valence-corrected chi connectivity index (χ0v) is 24.8. The van der Waals surface area contributed by atoms with Gasteiger partial charge in [-0.3, -0.25) is 4.79 Å². The van der Waals surface area contributed by atoms with E-state index < -0.39 is 35.4 Å². The molecule has 16 atom stereocenters. The molecule has 5 aliphatic carbocycles. The quantitative estimate of drug-likeness (QED) is 0.354. The Kier molecular flexibility index (Phi) is 6.09. The maximum Gasteiger partial charge on any atom is 0.303 e. The first-order valence-electron chi connectivity index (χ1n) is 15.5. The molecule has 38 heavy (non-hydrogen) atoms. The van der Waals surface area contributed by atoms with Crippen molar-refractivity contribution in [3.63, 3.8) is 0 Å². The SMILES string of the molecule is CC(=O)O[C@@H]1[C@@H](O)[C@H]2[C@@H]([C@H](O)[C@H]3O[C@]34C[C@@H](O)CC[C@]24C)[C@@H]2CC[C@H]([C@H](C)[C@H]3C[C@]3(C)[C@H](C)C(C)C)[C@@]12C. The van der Waals surface area contributed by atoms with Gasteiger partial charge in [-0.05, 0) is 78.9 Å². The molecule has 0 radical (unpaired) electrons. The van der Waals surface area contributed by atoms with Crippen LogP contribution in [0.4, 0.5) is 0 Å². The Morgan fingerprint density at radius 3 is 2.26 bits per heavy atom. The van der Waals surface area contributed by atoms with Crippen LogP contribution >= 0.6 is 0 Å². The summed E-state index contributed by atoms with van der Waals surface area (Å²) >= 11 is 0. The summed E-state index contributed by atoms with van der Waals surface area (Å²) < 4.78 is 12.5. The fourth-order valence-electron chi connectivity index (χ4n) is 11.7. The number of rotatable bonds is 5. The van der Waals surface area contributed by atoms with Crippen molar-refractivity contribution in [2.45, 2.75) is 130 Å². The Bertz CT molecular complexity index is 983. The summed E-state index contributed by atoms with van der Waals surface area (Å²) in [5, 5.41) is 34.6. The summed E-state index contributed by atoms with van der Waals surface area (Å²) in [4.78, 5) is 12.5. The first-order valence-corrected chi connectivity index (χ1v) is 15.5. The van der Waals surface area contributed by atoms with E-state index in [9.17, 15) is 20.1 Å². The summed E-state index contributed by atoms with van der Waals surface area (Å²) in [7, 11) is 0. The average Bonchev–Trinajstić information content (AvgIpc) is 3.71. The van der Waals surface area contributed by atoms with E-state index in [1.54, 1.807) is 0 Å². The highest BCUT2D eigenvalue weighted by molar-refractivity contribution is 5.66. The van der Waals surface area contributed by atoms with Gasteiger partial charge in [-0.1, -0.05) is 48.5 Å². The monoisotopic (exact) mass is 532 g/mol. The average molecular weight is 533 g/mol. The van der Waals surface area contributed by atoms with Gasteiger partial charge in [0.25, 0.3) is 0 Å². The first kappa shape index (κ1) is 27.5. The second kappa shape index (κ2) is 8.42. The van der Waals surface area contributed by atoms with Crippen molar-refractivity contribution in [1.82, 2.24) is 0 Å². The molecule has 1 aliphatic heterocycles. The van der Waals surface area contributed by atoms with Gasteiger partial charge in [0.05, 0.1) is 18.3 Å². The van der Waals surface area contributed by atoms with E-state index in [0.717, 1.165) is 19.3 Å². The van der Waals surface area contributed by atoms with Crippen molar-refractivity contribution in [3.8, 4) is 0 Å². The van der Waals surface area contributed by atoms with Crippen molar-refractivity contribution in [3.05, 3.63) is 0 Å². The topological polar surface area (TPSA) is 99.5 Å². The third-order valence-corrected chi connectivity index (χ3v) is 14.2.